The summed E-state index contributed by atoms with van der Waals surface area (Å²) in [5, 5.41) is 3.77. The quantitative estimate of drug-likeness (QED) is 0.841. The van der Waals surface area contributed by atoms with Gasteiger partial charge in [0.05, 0.1) is 0 Å². The van der Waals surface area contributed by atoms with Gasteiger partial charge in [-0.3, -0.25) is 0 Å². The van der Waals surface area contributed by atoms with E-state index >= 15 is 0 Å². The summed E-state index contributed by atoms with van der Waals surface area (Å²) in [6, 6.07) is 7.25. The van der Waals surface area contributed by atoms with Crippen molar-refractivity contribution in [3.05, 3.63) is 36.0 Å². The fourth-order valence-electron chi connectivity index (χ4n) is 2.75. The first-order chi connectivity index (χ1) is 8.69. The molecule has 3 rings (SSSR count). The second-order valence-corrected chi connectivity index (χ2v) is 4.90. The number of piperidine rings is 1. The number of halogens is 2. The van der Waals surface area contributed by atoms with Crippen molar-refractivity contribution in [2.75, 3.05) is 13.1 Å². The summed E-state index contributed by atoms with van der Waals surface area (Å²) < 4.78 is 29.1. The maximum absolute atomic E-state index is 14.6. The van der Waals surface area contributed by atoms with E-state index in [4.69, 9.17) is 0 Å². The number of alkyl halides is 2. The normalized spacial score (nSPS) is 18.3. The summed E-state index contributed by atoms with van der Waals surface area (Å²) in [5.41, 5.74) is 0.922. The van der Waals surface area contributed by atoms with E-state index in [-0.39, 0.29) is 5.56 Å². The van der Waals surface area contributed by atoms with Crippen molar-refractivity contribution in [1.29, 1.82) is 0 Å². The molecule has 4 heteroatoms. The van der Waals surface area contributed by atoms with Crippen molar-refractivity contribution in [3.63, 3.8) is 0 Å². The van der Waals surface area contributed by atoms with E-state index in [9.17, 15) is 8.78 Å². The standard InChI is InChI=1S/C14H16F2N2/c15-14(16,10-5-7-17-8-6-10)12-9-18-13-4-2-1-3-11(12)13/h1-4,9-10,17-18H,5-8H2. The predicted molar refractivity (Wildman–Crippen MR) is 67.8 cm³/mol. The predicted octanol–water partition coefficient (Wildman–Crippen LogP) is 3.26. The number of aromatic amines is 1. The van der Waals surface area contributed by atoms with Gasteiger partial charge in [0.25, 0.3) is 5.92 Å². The van der Waals surface area contributed by atoms with Gasteiger partial charge in [0.1, 0.15) is 0 Å². The van der Waals surface area contributed by atoms with Gasteiger partial charge in [-0.2, -0.15) is 0 Å². The van der Waals surface area contributed by atoms with Crippen LogP contribution in [0.25, 0.3) is 10.9 Å². The Morgan fingerprint density at radius 1 is 1.11 bits per heavy atom. The van der Waals surface area contributed by atoms with E-state index in [1.54, 1.807) is 12.1 Å². The molecule has 0 bridgehead atoms. The molecule has 1 aliphatic rings. The van der Waals surface area contributed by atoms with Crippen molar-refractivity contribution in [3.8, 4) is 0 Å². The van der Waals surface area contributed by atoms with Crippen LogP contribution < -0.4 is 5.32 Å². The van der Waals surface area contributed by atoms with Gasteiger partial charge in [0.2, 0.25) is 0 Å². The Kier molecular flexibility index (Phi) is 2.82. The SMILES string of the molecule is FC(F)(c1c[nH]c2ccccc12)C1CCNCC1. The van der Waals surface area contributed by atoms with Crippen LogP contribution in [0.5, 0.6) is 0 Å². The fraction of sp³-hybridized carbons (Fsp3) is 0.429. The second-order valence-electron chi connectivity index (χ2n) is 4.90. The van der Waals surface area contributed by atoms with Gasteiger partial charge in [-0.05, 0) is 32.0 Å². The van der Waals surface area contributed by atoms with Crippen molar-refractivity contribution >= 4 is 10.9 Å². The summed E-state index contributed by atoms with van der Waals surface area (Å²) >= 11 is 0. The first-order valence-corrected chi connectivity index (χ1v) is 6.34. The molecule has 0 unspecified atom stereocenters. The zero-order valence-corrected chi connectivity index (χ0v) is 10.0. The Labute approximate surface area is 104 Å². The molecule has 2 heterocycles. The highest BCUT2D eigenvalue weighted by molar-refractivity contribution is 5.83. The van der Waals surface area contributed by atoms with Crippen molar-refractivity contribution in [2.24, 2.45) is 5.92 Å². The summed E-state index contributed by atoms with van der Waals surface area (Å²) in [5.74, 6) is -3.31. The van der Waals surface area contributed by atoms with Crippen LogP contribution in [0.2, 0.25) is 0 Å². The highest BCUT2D eigenvalue weighted by atomic mass is 19.3. The zero-order chi connectivity index (χ0) is 12.6. The summed E-state index contributed by atoms with van der Waals surface area (Å²) in [7, 11) is 0. The van der Waals surface area contributed by atoms with Gasteiger partial charge >= 0.3 is 0 Å². The minimum Gasteiger partial charge on any atom is -0.361 e. The zero-order valence-electron chi connectivity index (χ0n) is 10.0. The van der Waals surface area contributed by atoms with Gasteiger partial charge in [-0.15, -0.1) is 0 Å². The molecule has 1 saturated heterocycles. The molecular formula is C14H16F2N2. The number of H-pyrrole nitrogens is 1. The number of para-hydroxylation sites is 1. The van der Waals surface area contributed by atoms with Gasteiger partial charge in [-0.1, -0.05) is 18.2 Å². The molecule has 1 aromatic heterocycles. The Bertz CT molecular complexity index is 541. The molecule has 2 nitrogen and oxygen atoms in total. The molecule has 2 N–H and O–H groups in total. The largest absolute Gasteiger partial charge is 0.361 e. The molecule has 0 atom stereocenters. The van der Waals surface area contributed by atoms with Crippen molar-refractivity contribution in [2.45, 2.75) is 18.8 Å². The van der Waals surface area contributed by atoms with E-state index in [1.165, 1.54) is 6.20 Å². The summed E-state index contributed by atoms with van der Waals surface area (Å²) in [4.78, 5) is 2.94. The van der Waals surface area contributed by atoms with Crippen LogP contribution in [0.3, 0.4) is 0 Å². The summed E-state index contributed by atoms with van der Waals surface area (Å²) in [6.45, 7) is 1.37. The van der Waals surface area contributed by atoms with Crippen LogP contribution in [0, 0.1) is 5.92 Å². The maximum Gasteiger partial charge on any atom is 0.278 e. The van der Waals surface area contributed by atoms with E-state index in [1.807, 2.05) is 12.1 Å². The van der Waals surface area contributed by atoms with Crippen LogP contribution in [0.1, 0.15) is 18.4 Å². The number of benzene rings is 1. The Morgan fingerprint density at radius 2 is 1.83 bits per heavy atom. The lowest BCUT2D eigenvalue weighted by molar-refractivity contribution is -0.0740. The Hall–Kier alpha value is -1.42. The molecule has 0 aliphatic carbocycles. The lowest BCUT2D eigenvalue weighted by Gasteiger charge is -2.30. The average Bonchev–Trinajstić information content (AvgIpc) is 2.84. The molecule has 0 radical (unpaired) electrons. The molecular weight excluding hydrogens is 234 g/mol. The average molecular weight is 250 g/mol. The molecule has 0 spiro atoms. The van der Waals surface area contributed by atoms with Crippen LogP contribution in [0.15, 0.2) is 30.5 Å². The number of hydrogen-bond acceptors (Lipinski definition) is 1. The number of aromatic nitrogens is 1. The number of hydrogen-bond donors (Lipinski definition) is 2. The lowest BCUT2D eigenvalue weighted by Crippen LogP contribution is -2.36. The van der Waals surface area contributed by atoms with Crippen LogP contribution in [-0.2, 0) is 5.92 Å². The number of fused-ring (bicyclic) bond motifs is 1. The molecule has 96 valence electrons. The smallest absolute Gasteiger partial charge is 0.278 e. The molecule has 0 saturated carbocycles. The third kappa shape index (κ3) is 1.81. The molecule has 1 aliphatic heterocycles. The van der Waals surface area contributed by atoms with E-state index < -0.39 is 11.8 Å². The first-order valence-electron chi connectivity index (χ1n) is 6.34. The number of nitrogens with one attached hydrogen (secondary N) is 2. The van der Waals surface area contributed by atoms with E-state index in [0.29, 0.717) is 31.3 Å². The topological polar surface area (TPSA) is 27.8 Å². The Balaban J connectivity index is 2.01. The molecule has 1 aromatic carbocycles. The highest BCUT2D eigenvalue weighted by Crippen LogP contribution is 2.43. The van der Waals surface area contributed by atoms with Gasteiger partial charge < -0.3 is 10.3 Å². The Morgan fingerprint density at radius 3 is 2.61 bits per heavy atom. The maximum atomic E-state index is 14.6. The van der Waals surface area contributed by atoms with E-state index in [0.717, 1.165) is 5.52 Å². The molecule has 18 heavy (non-hydrogen) atoms. The third-order valence-corrected chi connectivity index (χ3v) is 3.80. The van der Waals surface area contributed by atoms with E-state index in [2.05, 4.69) is 10.3 Å². The van der Waals surface area contributed by atoms with Crippen LogP contribution in [0.4, 0.5) is 8.78 Å². The molecule has 0 amide bonds. The van der Waals surface area contributed by atoms with Crippen LogP contribution in [-0.4, -0.2) is 18.1 Å². The minimum absolute atomic E-state index is 0.144. The monoisotopic (exact) mass is 250 g/mol. The summed E-state index contributed by atoms with van der Waals surface area (Å²) in [6.07, 6.45) is 2.53. The van der Waals surface area contributed by atoms with Gasteiger partial charge in [0.15, 0.2) is 0 Å². The lowest BCUT2D eigenvalue weighted by atomic mass is 9.87. The fourth-order valence-corrected chi connectivity index (χ4v) is 2.75. The third-order valence-electron chi connectivity index (χ3n) is 3.80. The van der Waals surface area contributed by atoms with Gasteiger partial charge in [-0.25, -0.2) is 8.78 Å². The highest BCUT2D eigenvalue weighted by Gasteiger charge is 2.43. The molecule has 2 aromatic rings. The van der Waals surface area contributed by atoms with Crippen molar-refractivity contribution < 1.29 is 8.78 Å². The van der Waals surface area contributed by atoms with Crippen molar-refractivity contribution in [1.82, 2.24) is 10.3 Å². The first kappa shape index (κ1) is 11.7. The minimum atomic E-state index is -2.75. The molecule has 1 fully saturated rings. The van der Waals surface area contributed by atoms with Gasteiger partial charge in [0, 0.05) is 28.6 Å². The van der Waals surface area contributed by atoms with Crippen LogP contribution >= 0.6 is 0 Å². The second kappa shape index (κ2) is 4.35. The number of rotatable bonds is 2.